The van der Waals surface area contributed by atoms with E-state index in [0.29, 0.717) is 12.6 Å². The van der Waals surface area contributed by atoms with Gasteiger partial charge in [-0.15, -0.1) is 0 Å². The first-order valence-electron chi connectivity index (χ1n) is 7.65. The number of hydrogen-bond acceptors (Lipinski definition) is 5. The fraction of sp³-hybridized carbons (Fsp3) is 1.00. The van der Waals surface area contributed by atoms with Gasteiger partial charge < -0.3 is 10.6 Å². The molecule has 20 heavy (non-hydrogen) atoms. The van der Waals surface area contributed by atoms with Crippen LogP contribution in [0.25, 0.3) is 0 Å². The van der Waals surface area contributed by atoms with E-state index in [1.807, 2.05) is 0 Å². The van der Waals surface area contributed by atoms with Crippen LogP contribution in [0.4, 0.5) is 0 Å². The van der Waals surface area contributed by atoms with Crippen molar-refractivity contribution in [3.05, 3.63) is 0 Å². The number of sulfone groups is 1. The Balaban J connectivity index is 2.34. The molecule has 0 amide bonds. The summed E-state index contributed by atoms with van der Waals surface area (Å²) in [4.78, 5) is 4.74. The maximum absolute atomic E-state index is 12.2. The lowest BCUT2D eigenvalue weighted by molar-refractivity contribution is 0.0634. The zero-order valence-corrected chi connectivity index (χ0v) is 13.8. The Labute approximate surface area is 123 Å². The topological polar surface area (TPSA) is 66.6 Å². The molecule has 1 aliphatic carbocycles. The summed E-state index contributed by atoms with van der Waals surface area (Å²) in [5, 5.41) is -0.300. The molecular weight excluding hydrogens is 274 g/mol. The molecule has 2 N–H and O–H groups in total. The van der Waals surface area contributed by atoms with Gasteiger partial charge in [0.1, 0.15) is 0 Å². The first-order chi connectivity index (χ1) is 9.31. The van der Waals surface area contributed by atoms with Gasteiger partial charge in [0, 0.05) is 31.9 Å². The van der Waals surface area contributed by atoms with Gasteiger partial charge in [0.25, 0.3) is 0 Å². The SMILES string of the molecule is CC1CN(C)CCCN1C1(CN)CCCC1S(C)(=O)=O. The minimum absolute atomic E-state index is 0.300. The highest BCUT2D eigenvalue weighted by Crippen LogP contribution is 2.40. The third-order valence-electron chi connectivity index (χ3n) is 5.16. The van der Waals surface area contributed by atoms with Crippen molar-refractivity contribution in [3.63, 3.8) is 0 Å². The number of nitrogens with two attached hydrogens (primary N) is 1. The van der Waals surface area contributed by atoms with E-state index < -0.39 is 9.84 Å². The van der Waals surface area contributed by atoms with Crippen molar-refractivity contribution in [2.45, 2.75) is 49.4 Å². The highest BCUT2D eigenvalue weighted by Gasteiger charge is 2.52. The van der Waals surface area contributed by atoms with Crippen molar-refractivity contribution in [3.8, 4) is 0 Å². The van der Waals surface area contributed by atoms with Crippen LogP contribution >= 0.6 is 0 Å². The summed E-state index contributed by atoms with van der Waals surface area (Å²) in [7, 11) is -0.919. The summed E-state index contributed by atoms with van der Waals surface area (Å²) in [5.74, 6) is 0. The zero-order valence-electron chi connectivity index (χ0n) is 13.0. The predicted molar refractivity (Wildman–Crippen MR) is 82.6 cm³/mol. The van der Waals surface area contributed by atoms with Crippen LogP contribution in [-0.4, -0.2) is 74.5 Å². The van der Waals surface area contributed by atoms with Crippen LogP contribution in [0.15, 0.2) is 0 Å². The average Bonchev–Trinajstić information content (AvgIpc) is 2.71. The van der Waals surface area contributed by atoms with Crippen LogP contribution in [0, 0.1) is 0 Å². The lowest BCUT2D eigenvalue weighted by Gasteiger charge is -2.47. The van der Waals surface area contributed by atoms with E-state index in [2.05, 4.69) is 23.8 Å². The monoisotopic (exact) mass is 303 g/mol. The number of rotatable bonds is 3. The van der Waals surface area contributed by atoms with Crippen LogP contribution in [0.2, 0.25) is 0 Å². The second-order valence-electron chi connectivity index (χ2n) is 6.68. The van der Waals surface area contributed by atoms with Crippen molar-refractivity contribution in [2.75, 3.05) is 39.5 Å². The Morgan fingerprint density at radius 1 is 1.30 bits per heavy atom. The highest BCUT2D eigenvalue weighted by molar-refractivity contribution is 7.91. The fourth-order valence-corrected chi connectivity index (χ4v) is 6.09. The lowest BCUT2D eigenvalue weighted by atomic mass is 9.92. The van der Waals surface area contributed by atoms with Crippen LogP contribution < -0.4 is 5.73 Å². The molecule has 118 valence electrons. The normalized spacial score (nSPS) is 38.0. The minimum Gasteiger partial charge on any atom is -0.329 e. The lowest BCUT2D eigenvalue weighted by Crippen LogP contribution is -2.63. The molecule has 3 atom stereocenters. The molecule has 1 aliphatic heterocycles. The molecule has 5 nitrogen and oxygen atoms in total. The zero-order chi connectivity index (χ0) is 15.0. The van der Waals surface area contributed by atoms with E-state index in [9.17, 15) is 8.42 Å². The van der Waals surface area contributed by atoms with Crippen LogP contribution in [0.5, 0.6) is 0 Å². The summed E-state index contributed by atoms with van der Waals surface area (Å²) in [6.07, 6.45) is 5.10. The van der Waals surface area contributed by atoms with Gasteiger partial charge in [-0.05, 0) is 39.8 Å². The molecule has 3 unspecified atom stereocenters. The standard InChI is InChI=1S/C14H29N3O2S/c1-12-10-16(2)8-5-9-17(12)14(11-15)7-4-6-13(14)20(3,18)19/h12-13H,4-11,15H2,1-3H3. The minimum atomic E-state index is -3.06. The van der Waals surface area contributed by atoms with Crippen molar-refractivity contribution in [2.24, 2.45) is 5.73 Å². The van der Waals surface area contributed by atoms with Gasteiger partial charge in [0.15, 0.2) is 9.84 Å². The highest BCUT2D eigenvalue weighted by atomic mass is 32.2. The van der Waals surface area contributed by atoms with Gasteiger partial charge in [0.2, 0.25) is 0 Å². The van der Waals surface area contributed by atoms with Crippen molar-refractivity contribution < 1.29 is 8.42 Å². The first kappa shape index (κ1) is 16.2. The first-order valence-corrected chi connectivity index (χ1v) is 9.61. The second-order valence-corrected chi connectivity index (χ2v) is 8.90. The van der Waals surface area contributed by atoms with Gasteiger partial charge in [-0.25, -0.2) is 8.42 Å². The summed E-state index contributed by atoms with van der Waals surface area (Å²) < 4.78 is 24.4. The summed E-state index contributed by atoms with van der Waals surface area (Å²) in [5.41, 5.74) is 5.77. The molecule has 2 aliphatic rings. The van der Waals surface area contributed by atoms with Crippen LogP contribution in [-0.2, 0) is 9.84 Å². The Morgan fingerprint density at radius 2 is 2.00 bits per heavy atom. The van der Waals surface area contributed by atoms with Gasteiger partial charge in [-0.2, -0.15) is 0 Å². The van der Waals surface area contributed by atoms with E-state index >= 15 is 0 Å². The molecule has 0 bridgehead atoms. The maximum Gasteiger partial charge on any atom is 0.152 e. The second kappa shape index (κ2) is 5.91. The Morgan fingerprint density at radius 3 is 2.60 bits per heavy atom. The Bertz CT molecular complexity index is 440. The molecule has 0 spiro atoms. The molecule has 2 rings (SSSR count). The Kier molecular flexibility index (Phi) is 4.79. The summed E-state index contributed by atoms with van der Waals surface area (Å²) in [6.45, 7) is 5.66. The van der Waals surface area contributed by atoms with E-state index in [1.54, 1.807) is 0 Å². The smallest absolute Gasteiger partial charge is 0.152 e. The summed E-state index contributed by atoms with van der Waals surface area (Å²) >= 11 is 0. The number of hydrogen-bond donors (Lipinski definition) is 1. The molecule has 0 aromatic rings. The quantitative estimate of drug-likeness (QED) is 0.813. The van der Waals surface area contributed by atoms with Gasteiger partial charge >= 0.3 is 0 Å². The van der Waals surface area contributed by atoms with Crippen molar-refractivity contribution >= 4 is 9.84 Å². The third kappa shape index (κ3) is 2.89. The van der Waals surface area contributed by atoms with E-state index in [0.717, 1.165) is 45.3 Å². The van der Waals surface area contributed by atoms with Crippen LogP contribution in [0.3, 0.4) is 0 Å². The molecule has 6 heteroatoms. The fourth-order valence-electron chi connectivity index (χ4n) is 4.35. The van der Waals surface area contributed by atoms with Gasteiger partial charge in [-0.1, -0.05) is 6.42 Å². The number of likely N-dealkylation sites (N-methyl/N-ethyl adjacent to an activating group) is 1. The molecule has 1 saturated carbocycles. The molecule has 2 fully saturated rings. The summed E-state index contributed by atoms with van der Waals surface area (Å²) in [6, 6.07) is 0.355. The van der Waals surface area contributed by atoms with Gasteiger partial charge in [0.05, 0.1) is 10.8 Å². The molecule has 0 aromatic carbocycles. The molecule has 0 radical (unpaired) electrons. The molecule has 1 heterocycles. The third-order valence-corrected chi connectivity index (χ3v) is 6.87. The maximum atomic E-state index is 12.2. The molecule has 1 saturated heterocycles. The van der Waals surface area contributed by atoms with E-state index in [4.69, 9.17) is 5.73 Å². The average molecular weight is 303 g/mol. The molecular formula is C14H29N3O2S. The van der Waals surface area contributed by atoms with Gasteiger partial charge in [-0.3, -0.25) is 4.90 Å². The van der Waals surface area contributed by atoms with Crippen LogP contribution in [0.1, 0.15) is 32.6 Å². The van der Waals surface area contributed by atoms with E-state index in [-0.39, 0.29) is 10.8 Å². The molecule has 0 aromatic heterocycles. The largest absolute Gasteiger partial charge is 0.329 e. The number of nitrogens with zero attached hydrogens (tertiary/aromatic N) is 2. The predicted octanol–water partition coefficient (Wildman–Crippen LogP) is 0.307. The Hall–Kier alpha value is -0.170. The van der Waals surface area contributed by atoms with Crippen molar-refractivity contribution in [1.82, 2.24) is 9.80 Å². The van der Waals surface area contributed by atoms with Crippen molar-refractivity contribution in [1.29, 1.82) is 0 Å². The van der Waals surface area contributed by atoms with E-state index in [1.165, 1.54) is 6.26 Å².